The van der Waals surface area contributed by atoms with Crippen molar-refractivity contribution in [2.24, 2.45) is 0 Å². The van der Waals surface area contributed by atoms with Gasteiger partial charge in [0.05, 0.1) is 0 Å². The fraction of sp³-hybridized carbons (Fsp3) is 0. The molecule has 1 aliphatic rings. The molecule has 0 unspecified atom stereocenters. The summed E-state index contributed by atoms with van der Waals surface area (Å²) in [5.41, 5.74) is 0. The van der Waals surface area contributed by atoms with Crippen LogP contribution in [0.3, 0.4) is 0 Å². The Morgan fingerprint density at radius 1 is 0.889 bits per heavy atom. The SMILES string of the molecule is FC1=C/C=C\C=C/C=C1. The fourth-order valence-corrected chi connectivity index (χ4v) is 0.543. The highest BCUT2D eigenvalue weighted by atomic mass is 19.1. The molecule has 0 heterocycles. The van der Waals surface area contributed by atoms with Crippen LogP contribution < -0.4 is 0 Å². The molecule has 0 amide bonds. The standard InChI is InChI=1S/C8H7F/c9-8-6-4-2-1-3-5-7-8/h1-7H/b2-1-,3-1?,4-2?,5-3-,6-4?,7-5?,8-6?,8-7?. The Bertz CT molecular complexity index is 195. The maximum atomic E-state index is 12.3. The molecule has 0 radical (unpaired) electrons. The molecule has 0 atom stereocenters. The van der Waals surface area contributed by atoms with Gasteiger partial charge in [-0.05, 0) is 12.2 Å². The maximum Gasteiger partial charge on any atom is 0.123 e. The van der Waals surface area contributed by atoms with Gasteiger partial charge in [0, 0.05) is 0 Å². The molecule has 9 heavy (non-hydrogen) atoms. The van der Waals surface area contributed by atoms with Crippen LogP contribution in [0.4, 0.5) is 4.39 Å². The van der Waals surface area contributed by atoms with E-state index >= 15 is 0 Å². The summed E-state index contributed by atoms with van der Waals surface area (Å²) in [6.07, 6.45) is 11.6. The predicted molar refractivity (Wildman–Crippen MR) is 36.6 cm³/mol. The molecule has 1 rings (SSSR count). The summed E-state index contributed by atoms with van der Waals surface area (Å²) in [6.45, 7) is 0. The van der Waals surface area contributed by atoms with E-state index in [1.165, 1.54) is 12.2 Å². The first-order valence-corrected chi connectivity index (χ1v) is 2.77. The smallest absolute Gasteiger partial charge is 0.123 e. The topological polar surface area (TPSA) is 0 Å². The molecule has 0 fully saturated rings. The highest BCUT2D eigenvalue weighted by molar-refractivity contribution is 5.26. The zero-order valence-electron chi connectivity index (χ0n) is 4.92. The largest absolute Gasteiger partial charge is 0.207 e. The van der Waals surface area contributed by atoms with Crippen molar-refractivity contribution in [1.29, 1.82) is 0 Å². The molecule has 1 aliphatic carbocycles. The van der Waals surface area contributed by atoms with E-state index in [0.29, 0.717) is 0 Å². The van der Waals surface area contributed by atoms with Gasteiger partial charge in [-0.1, -0.05) is 30.4 Å². The Labute approximate surface area is 53.7 Å². The minimum Gasteiger partial charge on any atom is -0.207 e. The molecule has 0 saturated heterocycles. The fourth-order valence-electron chi connectivity index (χ4n) is 0.543. The van der Waals surface area contributed by atoms with E-state index in [1.807, 2.05) is 6.08 Å². The number of halogens is 1. The van der Waals surface area contributed by atoms with Crippen LogP contribution in [0.5, 0.6) is 0 Å². The predicted octanol–water partition coefficient (Wildman–Crippen LogP) is 2.52. The third-order valence-corrected chi connectivity index (χ3v) is 0.955. The molecule has 0 N–H and O–H groups in total. The Morgan fingerprint density at radius 3 is 2.44 bits per heavy atom. The van der Waals surface area contributed by atoms with Gasteiger partial charge in [0.15, 0.2) is 0 Å². The summed E-state index contributed by atoms with van der Waals surface area (Å²) in [7, 11) is 0. The van der Waals surface area contributed by atoms with Crippen LogP contribution in [0.1, 0.15) is 0 Å². The van der Waals surface area contributed by atoms with Crippen molar-refractivity contribution in [2.45, 2.75) is 0 Å². The molecular weight excluding hydrogens is 115 g/mol. The van der Waals surface area contributed by atoms with E-state index < -0.39 is 0 Å². The number of hydrogen-bond acceptors (Lipinski definition) is 0. The van der Waals surface area contributed by atoms with Gasteiger partial charge < -0.3 is 0 Å². The second kappa shape index (κ2) is 3.02. The molecule has 0 spiro atoms. The zero-order chi connectivity index (χ0) is 6.53. The minimum atomic E-state index is -0.212. The molecular formula is C8H7F. The van der Waals surface area contributed by atoms with Crippen molar-refractivity contribution >= 4 is 0 Å². The van der Waals surface area contributed by atoms with Crippen molar-refractivity contribution in [3.8, 4) is 0 Å². The number of hydrogen-bond donors (Lipinski definition) is 0. The first kappa shape index (κ1) is 6.02. The average molecular weight is 122 g/mol. The molecule has 0 aromatic heterocycles. The molecule has 0 aromatic rings. The average Bonchev–Trinajstić information content (AvgIpc) is 1.79. The lowest BCUT2D eigenvalue weighted by Crippen LogP contribution is -1.64. The molecule has 46 valence electrons. The van der Waals surface area contributed by atoms with E-state index in [-0.39, 0.29) is 5.83 Å². The van der Waals surface area contributed by atoms with Crippen LogP contribution in [-0.2, 0) is 0 Å². The normalized spacial score (nSPS) is 23.9. The lowest BCUT2D eigenvalue weighted by molar-refractivity contribution is 0.667. The van der Waals surface area contributed by atoms with Gasteiger partial charge >= 0.3 is 0 Å². The van der Waals surface area contributed by atoms with E-state index in [2.05, 4.69) is 0 Å². The molecule has 0 nitrogen and oxygen atoms in total. The van der Waals surface area contributed by atoms with Crippen LogP contribution >= 0.6 is 0 Å². The molecule has 0 bridgehead atoms. The van der Waals surface area contributed by atoms with Gasteiger partial charge in [-0.25, -0.2) is 4.39 Å². The van der Waals surface area contributed by atoms with Crippen LogP contribution in [-0.4, -0.2) is 0 Å². The van der Waals surface area contributed by atoms with Gasteiger partial charge in [-0.3, -0.25) is 0 Å². The van der Waals surface area contributed by atoms with Crippen molar-refractivity contribution in [2.75, 3.05) is 0 Å². The highest BCUT2D eigenvalue weighted by Gasteiger charge is 1.81. The monoisotopic (exact) mass is 122 g/mol. The Morgan fingerprint density at radius 2 is 1.56 bits per heavy atom. The van der Waals surface area contributed by atoms with Gasteiger partial charge in [-0.2, -0.15) is 0 Å². The van der Waals surface area contributed by atoms with Gasteiger partial charge in [0.2, 0.25) is 0 Å². The van der Waals surface area contributed by atoms with E-state index in [1.54, 1.807) is 24.3 Å². The van der Waals surface area contributed by atoms with E-state index in [0.717, 1.165) is 0 Å². The van der Waals surface area contributed by atoms with Crippen LogP contribution in [0.25, 0.3) is 0 Å². The Balaban J connectivity index is 2.77. The third-order valence-electron chi connectivity index (χ3n) is 0.955. The summed E-state index contributed by atoms with van der Waals surface area (Å²) in [6, 6.07) is 0. The second-order valence-electron chi connectivity index (χ2n) is 1.68. The first-order valence-electron chi connectivity index (χ1n) is 2.77. The maximum absolute atomic E-state index is 12.3. The Hall–Kier alpha value is -1.11. The molecule has 0 saturated carbocycles. The summed E-state index contributed by atoms with van der Waals surface area (Å²) in [4.78, 5) is 0. The number of rotatable bonds is 0. The van der Waals surface area contributed by atoms with Crippen molar-refractivity contribution in [3.63, 3.8) is 0 Å². The summed E-state index contributed by atoms with van der Waals surface area (Å²) >= 11 is 0. The van der Waals surface area contributed by atoms with Gasteiger partial charge in [0.1, 0.15) is 5.83 Å². The summed E-state index contributed by atoms with van der Waals surface area (Å²) < 4.78 is 12.3. The van der Waals surface area contributed by atoms with E-state index in [4.69, 9.17) is 0 Å². The third kappa shape index (κ3) is 2.08. The zero-order valence-corrected chi connectivity index (χ0v) is 4.92. The van der Waals surface area contributed by atoms with Crippen LogP contribution in [0.15, 0.2) is 48.4 Å². The van der Waals surface area contributed by atoms with Crippen molar-refractivity contribution in [3.05, 3.63) is 48.4 Å². The quantitative estimate of drug-likeness (QED) is 0.463. The Kier molecular flexibility index (Phi) is 2.02. The minimum absolute atomic E-state index is 0.212. The molecule has 0 aliphatic heterocycles. The van der Waals surface area contributed by atoms with Crippen LogP contribution in [0.2, 0.25) is 0 Å². The highest BCUT2D eigenvalue weighted by Crippen LogP contribution is 2.00. The summed E-state index contributed by atoms with van der Waals surface area (Å²) in [5.74, 6) is -0.212. The van der Waals surface area contributed by atoms with Gasteiger partial charge in [0.25, 0.3) is 0 Å². The molecule has 1 heteroatoms. The first-order chi connectivity index (χ1) is 4.39. The number of allylic oxidation sites excluding steroid dienone is 8. The summed E-state index contributed by atoms with van der Waals surface area (Å²) in [5, 5.41) is 0. The second-order valence-corrected chi connectivity index (χ2v) is 1.68. The lowest BCUT2D eigenvalue weighted by Gasteiger charge is -1.83. The van der Waals surface area contributed by atoms with E-state index in [9.17, 15) is 4.39 Å². The van der Waals surface area contributed by atoms with Crippen LogP contribution in [0, 0.1) is 0 Å². The van der Waals surface area contributed by atoms with Gasteiger partial charge in [-0.15, -0.1) is 0 Å². The lowest BCUT2D eigenvalue weighted by atomic mass is 10.3. The van der Waals surface area contributed by atoms with Crippen molar-refractivity contribution in [1.82, 2.24) is 0 Å². The van der Waals surface area contributed by atoms with Crippen molar-refractivity contribution < 1.29 is 4.39 Å². The molecule has 0 aromatic carbocycles.